The summed E-state index contributed by atoms with van der Waals surface area (Å²) in [5.74, 6) is 0.761. The van der Waals surface area contributed by atoms with Crippen LogP contribution in [0.5, 0.6) is 11.5 Å². The molecule has 1 atom stereocenters. The highest BCUT2D eigenvalue weighted by molar-refractivity contribution is 5.65. The van der Waals surface area contributed by atoms with Gasteiger partial charge in [0.2, 0.25) is 0 Å². The molecule has 178 valence electrons. The first-order valence-electron chi connectivity index (χ1n) is 12.4. The molecule has 0 bridgehead atoms. The second-order valence-electron chi connectivity index (χ2n) is 8.49. The minimum Gasteiger partial charge on any atom is -0.494 e. The monoisotopic (exact) mass is 444 g/mol. The minimum absolute atomic E-state index is 0.0604. The average molecular weight is 445 g/mol. The Hall–Kier alpha value is -2.07. The lowest BCUT2D eigenvalue weighted by Gasteiger charge is -2.15. The summed E-state index contributed by atoms with van der Waals surface area (Å²) in [6.07, 6.45) is 10.8. The standard InChI is InChI=1S/C28H41FO3/c1-4-6-8-9-10-12-20-31-26-16-13-24(14-17-26)25-15-18-28(27(29)21-25)32-22-23(3)30-19-11-7-5-2/h13-18,21,23H,4-12,19-20,22H2,1-3H3. The van der Waals surface area contributed by atoms with Crippen LogP contribution >= 0.6 is 0 Å². The predicted octanol–water partition coefficient (Wildman–Crippen LogP) is 8.21. The SMILES string of the molecule is CCCCCCCCOc1ccc(-c2ccc(OCC(C)OCCCCC)c(F)c2)cc1. The second kappa shape index (κ2) is 15.7. The van der Waals surface area contributed by atoms with Crippen LogP contribution in [0, 0.1) is 5.82 Å². The van der Waals surface area contributed by atoms with E-state index in [0.717, 1.165) is 49.4 Å². The van der Waals surface area contributed by atoms with Crippen LogP contribution in [0.15, 0.2) is 42.5 Å². The molecule has 2 aromatic carbocycles. The molecule has 4 heteroatoms. The van der Waals surface area contributed by atoms with Gasteiger partial charge >= 0.3 is 0 Å². The lowest BCUT2D eigenvalue weighted by molar-refractivity contribution is 0.0294. The Morgan fingerprint density at radius 1 is 0.719 bits per heavy atom. The molecule has 0 radical (unpaired) electrons. The van der Waals surface area contributed by atoms with Crippen LogP contribution in [-0.4, -0.2) is 25.9 Å². The van der Waals surface area contributed by atoms with Gasteiger partial charge in [-0.1, -0.05) is 77.0 Å². The van der Waals surface area contributed by atoms with Crippen molar-refractivity contribution in [3.8, 4) is 22.6 Å². The van der Waals surface area contributed by atoms with Crippen molar-refractivity contribution in [1.29, 1.82) is 0 Å². The van der Waals surface area contributed by atoms with Gasteiger partial charge in [-0.2, -0.15) is 0 Å². The number of benzene rings is 2. The number of hydrogen-bond donors (Lipinski definition) is 0. The summed E-state index contributed by atoms with van der Waals surface area (Å²) < 4.78 is 31.7. The molecular formula is C28H41FO3. The van der Waals surface area contributed by atoms with E-state index in [2.05, 4.69) is 13.8 Å². The first-order valence-corrected chi connectivity index (χ1v) is 12.4. The molecule has 2 rings (SSSR count). The van der Waals surface area contributed by atoms with Crippen molar-refractivity contribution in [1.82, 2.24) is 0 Å². The molecule has 0 saturated carbocycles. The maximum Gasteiger partial charge on any atom is 0.165 e. The Kier molecular flexibility index (Phi) is 12.8. The van der Waals surface area contributed by atoms with Crippen molar-refractivity contribution >= 4 is 0 Å². The summed E-state index contributed by atoms with van der Waals surface area (Å²) in [5, 5.41) is 0. The smallest absolute Gasteiger partial charge is 0.165 e. The van der Waals surface area contributed by atoms with Gasteiger partial charge in [-0.15, -0.1) is 0 Å². The Bertz CT molecular complexity index is 745. The lowest BCUT2D eigenvalue weighted by Crippen LogP contribution is -2.19. The number of ether oxygens (including phenoxy) is 3. The molecule has 0 aliphatic rings. The Morgan fingerprint density at radius 3 is 2.06 bits per heavy atom. The van der Waals surface area contributed by atoms with E-state index in [4.69, 9.17) is 14.2 Å². The highest BCUT2D eigenvalue weighted by atomic mass is 19.1. The molecule has 0 amide bonds. The first kappa shape index (κ1) is 26.2. The number of unbranched alkanes of at least 4 members (excludes halogenated alkanes) is 7. The van der Waals surface area contributed by atoms with Crippen LogP contribution in [0.1, 0.15) is 78.6 Å². The lowest BCUT2D eigenvalue weighted by atomic mass is 10.1. The van der Waals surface area contributed by atoms with Gasteiger partial charge in [-0.05, 0) is 55.2 Å². The molecule has 32 heavy (non-hydrogen) atoms. The van der Waals surface area contributed by atoms with Gasteiger partial charge in [0, 0.05) is 6.61 Å². The van der Waals surface area contributed by atoms with Gasteiger partial charge in [0.1, 0.15) is 12.4 Å². The van der Waals surface area contributed by atoms with Crippen molar-refractivity contribution < 1.29 is 18.6 Å². The van der Waals surface area contributed by atoms with Crippen molar-refractivity contribution in [2.24, 2.45) is 0 Å². The number of hydrogen-bond acceptors (Lipinski definition) is 3. The zero-order chi connectivity index (χ0) is 23.0. The fraction of sp³-hybridized carbons (Fsp3) is 0.571. The minimum atomic E-state index is -0.357. The summed E-state index contributed by atoms with van der Waals surface area (Å²) in [6, 6.07) is 12.9. The van der Waals surface area contributed by atoms with E-state index in [9.17, 15) is 4.39 Å². The van der Waals surface area contributed by atoms with Gasteiger partial charge in [0.15, 0.2) is 11.6 Å². The van der Waals surface area contributed by atoms with E-state index >= 15 is 0 Å². The third-order valence-electron chi connectivity index (χ3n) is 5.51. The van der Waals surface area contributed by atoms with Crippen molar-refractivity contribution in [2.45, 2.75) is 84.7 Å². The van der Waals surface area contributed by atoms with Crippen LogP contribution < -0.4 is 9.47 Å². The third-order valence-corrected chi connectivity index (χ3v) is 5.51. The second-order valence-corrected chi connectivity index (χ2v) is 8.49. The molecule has 0 aliphatic heterocycles. The summed E-state index contributed by atoms with van der Waals surface area (Å²) in [6.45, 7) is 8.15. The summed E-state index contributed by atoms with van der Waals surface area (Å²) >= 11 is 0. The number of halogens is 1. The molecule has 3 nitrogen and oxygen atoms in total. The average Bonchev–Trinajstić information content (AvgIpc) is 2.81. The molecule has 0 spiro atoms. The van der Waals surface area contributed by atoms with E-state index in [0.29, 0.717) is 6.61 Å². The summed E-state index contributed by atoms with van der Waals surface area (Å²) in [5.41, 5.74) is 1.77. The van der Waals surface area contributed by atoms with E-state index in [1.165, 1.54) is 44.6 Å². The Morgan fingerprint density at radius 2 is 1.34 bits per heavy atom. The number of rotatable bonds is 17. The fourth-order valence-corrected chi connectivity index (χ4v) is 3.51. The molecule has 2 aromatic rings. The molecule has 0 aromatic heterocycles. The van der Waals surface area contributed by atoms with Crippen molar-refractivity contribution in [3.05, 3.63) is 48.3 Å². The van der Waals surface area contributed by atoms with E-state index in [1.807, 2.05) is 37.3 Å². The highest BCUT2D eigenvalue weighted by Gasteiger charge is 2.09. The first-order chi connectivity index (χ1) is 15.6. The molecule has 0 N–H and O–H groups in total. The molecule has 0 saturated heterocycles. The van der Waals surface area contributed by atoms with E-state index in [-0.39, 0.29) is 17.7 Å². The maximum atomic E-state index is 14.5. The highest BCUT2D eigenvalue weighted by Crippen LogP contribution is 2.27. The normalized spacial score (nSPS) is 12.0. The molecular weight excluding hydrogens is 403 g/mol. The molecule has 0 fully saturated rings. The quantitative estimate of drug-likeness (QED) is 0.230. The summed E-state index contributed by atoms with van der Waals surface area (Å²) in [7, 11) is 0. The van der Waals surface area contributed by atoms with Crippen LogP contribution in [-0.2, 0) is 4.74 Å². The van der Waals surface area contributed by atoms with Gasteiger partial charge in [-0.3, -0.25) is 0 Å². The molecule has 0 aliphatic carbocycles. The zero-order valence-electron chi connectivity index (χ0n) is 20.2. The van der Waals surface area contributed by atoms with Crippen LogP contribution in [0.2, 0.25) is 0 Å². The summed E-state index contributed by atoms with van der Waals surface area (Å²) in [4.78, 5) is 0. The molecule has 0 heterocycles. The van der Waals surface area contributed by atoms with E-state index in [1.54, 1.807) is 6.07 Å². The molecule has 1 unspecified atom stereocenters. The van der Waals surface area contributed by atoms with Crippen molar-refractivity contribution in [3.63, 3.8) is 0 Å². The Labute approximate surface area is 194 Å². The largest absolute Gasteiger partial charge is 0.494 e. The van der Waals surface area contributed by atoms with Gasteiger partial charge in [0.05, 0.1) is 12.7 Å². The predicted molar refractivity (Wildman–Crippen MR) is 131 cm³/mol. The zero-order valence-corrected chi connectivity index (χ0v) is 20.2. The Balaban J connectivity index is 1.77. The van der Waals surface area contributed by atoms with Crippen molar-refractivity contribution in [2.75, 3.05) is 19.8 Å². The maximum absolute atomic E-state index is 14.5. The van der Waals surface area contributed by atoms with E-state index < -0.39 is 0 Å². The van der Waals surface area contributed by atoms with Gasteiger partial charge in [0.25, 0.3) is 0 Å². The topological polar surface area (TPSA) is 27.7 Å². The van der Waals surface area contributed by atoms with Crippen LogP contribution in [0.3, 0.4) is 0 Å². The van der Waals surface area contributed by atoms with Crippen LogP contribution in [0.4, 0.5) is 4.39 Å². The van der Waals surface area contributed by atoms with Crippen LogP contribution in [0.25, 0.3) is 11.1 Å². The van der Waals surface area contributed by atoms with Gasteiger partial charge in [-0.25, -0.2) is 4.39 Å². The fourth-order valence-electron chi connectivity index (χ4n) is 3.51. The third kappa shape index (κ3) is 10.0. The van der Waals surface area contributed by atoms with Gasteiger partial charge < -0.3 is 14.2 Å².